The molecule has 0 saturated carbocycles. The normalized spacial score (nSPS) is 12.8. The van der Waals surface area contributed by atoms with Crippen molar-refractivity contribution in [2.24, 2.45) is 5.14 Å². The van der Waals surface area contributed by atoms with Crippen molar-refractivity contribution in [2.75, 3.05) is 0 Å². The highest BCUT2D eigenvalue weighted by molar-refractivity contribution is 8.00. The summed E-state index contributed by atoms with van der Waals surface area (Å²) in [6.07, 6.45) is 0. The molecule has 8 heteroatoms. The number of halogens is 3. The van der Waals surface area contributed by atoms with Gasteiger partial charge in [-0.15, -0.1) is 0 Å². The van der Waals surface area contributed by atoms with E-state index in [1.165, 1.54) is 12.1 Å². The van der Waals surface area contributed by atoms with Crippen molar-refractivity contribution in [3.05, 3.63) is 24.3 Å². The zero-order chi connectivity index (χ0) is 11.7. The molecule has 2 N–H and O–H groups in total. The van der Waals surface area contributed by atoms with Gasteiger partial charge in [0.05, 0.1) is 4.90 Å². The van der Waals surface area contributed by atoms with Crippen molar-refractivity contribution in [3.63, 3.8) is 0 Å². The number of hydrogen-bond donors (Lipinski definition) is 1. The van der Waals surface area contributed by atoms with Crippen molar-refractivity contribution in [2.45, 2.75) is 15.3 Å². The van der Waals surface area contributed by atoms with Gasteiger partial charge in [0, 0.05) is 4.90 Å². The summed E-state index contributed by atoms with van der Waals surface area (Å²) in [4.78, 5) is -0.945. The fourth-order valence-corrected chi connectivity index (χ4v) is 2.55. The fraction of sp³-hybridized carbons (Fsp3) is 0.143. The van der Waals surface area contributed by atoms with E-state index in [1.807, 2.05) is 0 Å². The molecule has 0 saturated heterocycles. The first kappa shape index (κ1) is 12.3. The smallest absolute Gasteiger partial charge is 0.225 e. The van der Waals surface area contributed by atoms with Gasteiger partial charge in [0.15, 0.2) is 0 Å². The first-order chi connectivity index (χ1) is 6.70. The Kier molecular flexibility index (Phi) is 3.31. The summed E-state index contributed by atoms with van der Waals surface area (Å²) in [7, 11) is -4.13. The van der Waals surface area contributed by atoms with Crippen LogP contribution in [-0.4, -0.2) is 13.9 Å². The minimum atomic E-state index is -4.54. The van der Waals surface area contributed by atoms with Gasteiger partial charge in [-0.3, -0.25) is 0 Å². The van der Waals surface area contributed by atoms with Crippen LogP contribution < -0.4 is 5.14 Å². The van der Waals surface area contributed by atoms with Gasteiger partial charge >= 0.3 is 5.51 Å². The molecule has 0 spiro atoms. The average molecular weight is 257 g/mol. The van der Waals surface area contributed by atoms with Crippen LogP contribution in [0.1, 0.15) is 0 Å². The lowest BCUT2D eigenvalue weighted by Crippen LogP contribution is -2.14. The van der Waals surface area contributed by atoms with E-state index in [1.54, 1.807) is 0 Å². The molecule has 0 aliphatic carbocycles. The molecule has 1 aromatic rings. The monoisotopic (exact) mass is 257 g/mol. The van der Waals surface area contributed by atoms with Crippen LogP contribution in [0.25, 0.3) is 0 Å². The van der Waals surface area contributed by atoms with E-state index >= 15 is 0 Å². The van der Waals surface area contributed by atoms with Gasteiger partial charge in [-0.1, -0.05) is 12.1 Å². The largest absolute Gasteiger partial charge is 0.446 e. The highest BCUT2D eigenvalue weighted by atomic mass is 32.2. The molecule has 0 aliphatic heterocycles. The van der Waals surface area contributed by atoms with Gasteiger partial charge in [-0.05, 0) is 23.9 Å². The summed E-state index contributed by atoms with van der Waals surface area (Å²) in [6, 6.07) is 4.70. The number of thioether (sulfide) groups is 1. The molecule has 0 heterocycles. The van der Waals surface area contributed by atoms with Crippen LogP contribution in [0.3, 0.4) is 0 Å². The predicted octanol–water partition coefficient (Wildman–Crippen LogP) is 1.95. The predicted molar refractivity (Wildman–Crippen MR) is 49.7 cm³/mol. The van der Waals surface area contributed by atoms with Crippen molar-refractivity contribution in [3.8, 4) is 0 Å². The zero-order valence-corrected chi connectivity index (χ0v) is 8.79. The Morgan fingerprint density at radius 1 is 1.20 bits per heavy atom. The Morgan fingerprint density at radius 2 is 1.73 bits per heavy atom. The lowest BCUT2D eigenvalue weighted by atomic mass is 10.4. The second-order valence-electron chi connectivity index (χ2n) is 2.54. The number of rotatable bonds is 2. The number of primary sulfonamides is 1. The second-order valence-corrected chi connectivity index (χ2v) is 5.18. The molecule has 1 aromatic carbocycles. The highest BCUT2D eigenvalue weighted by Crippen LogP contribution is 2.39. The number of hydrogen-bond acceptors (Lipinski definition) is 3. The van der Waals surface area contributed by atoms with Gasteiger partial charge in [0.2, 0.25) is 10.0 Å². The summed E-state index contributed by atoms with van der Waals surface area (Å²) in [5.41, 5.74) is -4.54. The maximum atomic E-state index is 12.0. The van der Waals surface area contributed by atoms with Crippen molar-refractivity contribution in [1.29, 1.82) is 0 Å². The molecule has 0 unspecified atom stereocenters. The minimum Gasteiger partial charge on any atom is -0.225 e. The zero-order valence-electron chi connectivity index (χ0n) is 7.15. The molecule has 0 aromatic heterocycles. The standard InChI is InChI=1S/C7H6F3NO2S2/c8-7(9,10)14-5-3-1-2-4-6(5)15(11,12)13/h1-4H,(H2,11,12,13). The number of benzene rings is 1. The molecule has 0 bridgehead atoms. The van der Waals surface area contributed by atoms with E-state index in [-0.39, 0.29) is 0 Å². The molecule has 3 nitrogen and oxygen atoms in total. The molecule has 0 atom stereocenters. The van der Waals surface area contributed by atoms with Gasteiger partial charge in [0.25, 0.3) is 0 Å². The lowest BCUT2D eigenvalue weighted by Gasteiger charge is -2.08. The van der Waals surface area contributed by atoms with Gasteiger partial charge in [-0.25, -0.2) is 13.6 Å². The molecule has 0 radical (unpaired) electrons. The molecule has 0 amide bonds. The summed E-state index contributed by atoms with van der Waals surface area (Å²) >= 11 is -0.505. The molecule has 1 rings (SSSR count). The lowest BCUT2D eigenvalue weighted by molar-refractivity contribution is -0.0328. The maximum Gasteiger partial charge on any atom is 0.446 e. The minimum absolute atomic E-state index is 0.424. The Labute approximate surface area is 88.5 Å². The molecular formula is C7H6F3NO2S2. The maximum absolute atomic E-state index is 12.0. The summed E-state index contributed by atoms with van der Waals surface area (Å²) < 4.78 is 58.0. The number of sulfonamides is 1. The highest BCUT2D eigenvalue weighted by Gasteiger charge is 2.31. The van der Waals surface area contributed by atoms with E-state index in [9.17, 15) is 21.6 Å². The van der Waals surface area contributed by atoms with Crippen LogP contribution in [0.4, 0.5) is 13.2 Å². The van der Waals surface area contributed by atoms with Crippen molar-refractivity contribution >= 4 is 21.8 Å². The van der Waals surface area contributed by atoms with E-state index < -0.39 is 37.1 Å². The van der Waals surface area contributed by atoms with Crippen LogP contribution in [0, 0.1) is 0 Å². The first-order valence-corrected chi connectivity index (χ1v) is 5.94. The van der Waals surface area contributed by atoms with E-state index in [0.717, 1.165) is 12.1 Å². The van der Waals surface area contributed by atoms with Gasteiger partial charge < -0.3 is 0 Å². The van der Waals surface area contributed by atoms with Crippen molar-refractivity contribution < 1.29 is 21.6 Å². The Balaban J connectivity index is 3.20. The SMILES string of the molecule is NS(=O)(=O)c1ccccc1SC(F)(F)F. The molecule has 84 valence electrons. The van der Waals surface area contributed by atoms with Gasteiger partial charge in [0.1, 0.15) is 0 Å². The van der Waals surface area contributed by atoms with Crippen LogP contribution in [0.5, 0.6) is 0 Å². The van der Waals surface area contributed by atoms with E-state index in [2.05, 4.69) is 0 Å². The second kappa shape index (κ2) is 4.03. The Morgan fingerprint density at radius 3 is 2.20 bits per heavy atom. The molecule has 0 aliphatic rings. The fourth-order valence-electron chi connectivity index (χ4n) is 0.894. The van der Waals surface area contributed by atoms with E-state index in [0.29, 0.717) is 0 Å². The number of alkyl halides is 3. The molecule has 0 fully saturated rings. The van der Waals surface area contributed by atoms with Crippen molar-refractivity contribution in [1.82, 2.24) is 0 Å². The first-order valence-electron chi connectivity index (χ1n) is 3.58. The van der Waals surface area contributed by atoms with Crippen LogP contribution in [0.15, 0.2) is 34.1 Å². The third-order valence-electron chi connectivity index (χ3n) is 1.38. The quantitative estimate of drug-likeness (QED) is 0.824. The van der Waals surface area contributed by atoms with Crippen LogP contribution in [0.2, 0.25) is 0 Å². The summed E-state index contributed by atoms with van der Waals surface area (Å²) in [5.74, 6) is 0. The molecule has 15 heavy (non-hydrogen) atoms. The van der Waals surface area contributed by atoms with Gasteiger partial charge in [-0.2, -0.15) is 13.2 Å². The third kappa shape index (κ3) is 3.73. The topological polar surface area (TPSA) is 60.2 Å². The van der Waals surface area contributed by atoms with Crippen LogP contribution in [-0.2, 0) is 10.0 Å². The molecular weight excluding hydrogens is 251 g/mol. The summed E-state index contributed by atoms with van der Waals surface area (Å²) in [6.45, 7) is 0. The van der Waals surface area contributed by atoms with E-state index in [4.69, 9.17) is 5.14 Å². The average Bonchev–Trinajstić information content (AvgIpc) is 1.99. The van der Waals surface area contributed by atoms with Crippen LogP contribution >= 0.6 is 11.8 Å². The summed E-state index contributed by atoms with van der Waals surface area (Å²) in [5, 5.41) is 4.77. The third-order valence-corrected chi connectivity index (χ3v) is 3.29. The Hall–Kier alpha value is -0.730. The Bertz CT molecular complexity index is 456. The number of nitrogens with two attached hydrogens (primary N) is 1.